The third-order valence-electron chi connectivity index (χ3n) is 1.61. The molecule has 0 aliphatic heterocycles. The third kappa shape index (κ3) is 7.28. The van der Waals surface area contributed by atoms with E-state index in [4.69, 9.17) is 11.5 Å². The molecule has 0 bridgehead atoms. The average Bonchev–Trinajstić information content (AvgIpc) is 2.25. The molecule has 0 aliphatic rings. The van der Waals surface area contributed by atoms with E-state index in [9.17, 15) is 14.4 Å². The van der Waals surface area contributed by atoms with Gasteiger partial charge in [-0.3, -0.25) is 4.79 Å². The fraction of sp³-hybridized carbons (Fsp3) is 0.667. The lowest BCUT2D eigenvalue weighted by atomic mass is 10.3. The number of ether oxygens (including phenoxy) is 3. The normalized spacial score (nSPS) is 13.1. The highest BCUT2D eigenvalue weighted by Crippen LogP contribution is 1.98. The van der Waals surface area contributed by atoms with Crippen molar-refractivity contribution in [3.8, 4) is 0 Å². The summed E-state index contributed by atoms with van der Waals surface area (Å²) in [7, 11) is 0. The maximum absolute atomic E-state index is 11.3. The molecular formula is C9H17N3O6. The van der Waals surface area contributed by atoms with Crippen molar-refractivity contribution in [3.05, 3.63) is 0 Å². The van der Waals surface area contributed by atoms with Gasteiger partial charge in [-0.1, -0.05) is 0 Å². The Morgan fingerprint density at radius 2 is 1.89 bits per heavy atom. The molecule has 9 nitrogen and oxygen atoms in total. The first-order chi connectivity index (χ1) is 8.36. The number of rotatable bonds is 6. The van der Waals surface area contributed by atoms with E-state index in [0.717, 1.165) is 0 Å². The van der Waals surface area contributed by atoms with Gasteiger partial charge < -0.3 is 31.0 Å². The summed E-state index contributed by atoms with van der Waals surface area (Å²) in [6.45, 7) is 2.88. The van der Waals surface area contributed by atoms with Crippen molar-refractivity contribution in [2.24, 2.45) is 11.5 Å². The minimum Gasteiger partial charge on any atom is -0.435 e. The summed E-state index contributed by atoms with van der Waals surface area (Å²) in [5.74, 6) is -0.847. The van der Waals surface area contributed by atoms with Crippen LogP contribution in [-0.2, 0) is 19.0 Å². The monoisotopic (exact) mass is 263 g/mol. The molecule has 0 saturated carbocycles. The van der Waals surface area contributed by atoms with Crippen molar-refractivity contribution in [2.45, 2.75) is 26.2 Å². The second-order valence-corrected chi connectivity index (χ2v) is 3.16. The SMILES string of the molecule is CCOC(=O)OC(C)OC(=O)[C@@H](N)CNC(N)=O. The van der Waals surface area contributed by atoms with Crippen LogP contribution < -0.4 is 16.8 Å². The molecule has 0 heterocycles. The van der Waals surface area contributed by atoms with Crippen LogP contribution >= 0.6 is 0 Å². The van der Waals surface area contributed by atoms with Gasteiger partial charge in [0.05, 0.1) is 6.61 Å². The molecule has 18 heavy (non-hydrogen) atoms. The summed E-state index contributed by atoms with van der Waals surface area (Å²) in [6.07, 6.45) is -2.10. The molecule has 0 spiro atoms. The Bertz CT molecular complexity index is 309. The molecule has 0 rings (SSSR count). The van der Waals surface area contributed by atoms with Crippen molar-refractivity contribution in [1.29, 1.82) is 0 Å². The lowest BCUT2D eigenvalue weighted by molar-refractivity contribution is -0.169. The Labute approximate surface area is 104 Å². The Balaban J connectivity index is 3.98. The predicted molar refractivity (Wildman–Crippen MR) is 59.2 cm³/mol. The molecule has 5 N–H and O–H groups in total. The number of hydrogen-bond acceptors (Lipinski definition) is 7. The Morgan fingerprint density at radius 1 is 1.28 bits per heavy atom. The van der Waals surface area contributed by atoms with E-state index in [0.29, 0.717) is 0 Å². The molecule has 0 radical (unpaired) electrons. The molecule has 2 amide bonds. The average molecular weight is 263 g/mol. The van der Waals surface area contributed by atoms with E-state index in [2.05, 4.69) is 19.5 Å². The van der Waals surface area contributed by atoms with Crippen molar-refractivity contribution >= 4 is 18.2 Å². The number of hydrogen-bond donors (Lipinski definition) is 3. The smallest absolute Gasteiger partial charge is 0.435 e. The molecule has 2 atom stereocenters. The zero-order valence-electron chi connectivity index (χ0n) is 10.2. The van der Waals surface area contributed by atoms with Crippen molar-refractivity contribution in [1.82, 2.24) is 5.32 Å². The van der Waals surface area contributed by atoms with E-state index in [-0.39, 0.29) is 13.2 Å². The Kier molecular flexibility index (Phi) is 7.20. The zero-order valence-corrected chi connectivity index (χ0v) is 10.2. The first-order valence-electron chi connectivity index (χ1n) is 5.19. The number of esters is 1. The summed E-state index contributed by atoms with van der Waals surface area (Å²) in [5, 5.41) is 2.14. The highest BCUT2D eigenvalue weighted by atomic mass is 16.8. The Hall–Kier alpha value is -2.03. The first-order valence-corrected chi connectivity index (χ1v) is 5.19. The van der Waals surface area contributed by atoms with E-state index in [1.807, 2.05) is 0 Å². The van der Waals surface area contributed by atoms with Gasteiger partial charge in [0.15, 0.2) is 0 Å². The predicted octanol–water partition coefficient (Wildman–Crippen LogP) is -0.956. The zero-order chi connectivity index (χ0) is 14.1. The molecule has 0 aromatic heterocycles. The third-order valence-corrected chi connectivity index (χ3v) is 1.61. The lowest BCUT2D eigenvalue weighted by Crippen LogP contribution is -2.46. The van der Waals surface area contributed by atoms with Crippen LogP contribution in [0.1, 0.15) is 13.8 Å². The summed E-state index contributed by atoms with van der Waals surface area (Å²) in [6, 6.07) is -1.92. The highest BCUT2D eigenvalue weighted by Gasteiger charge is 2.20. The van der Waals surface area contributed by atoms with Gasteiger partial charge in [0.25, 0.3) is 0 Å². The topological polar surface area (TPSA) is 143 Å². The number of carbonyl (C=O) groups is 3. The van der Waals surface area contributed by atoms with E-state index in [1.165, 1.54) is 6.92 Å². The molecule has 0 aliphatic carbocycles. The summed E-state index contributed by atoms with van der Waals surface area (Å²) >= 11 is 0. The van der Waals surface area contributed by atoms with Crippen molar-refractivity contribution in [3.63, 3.8) is 0 Å². The highest BCUT2D eigenvalue weighted by molar-refractivity contribution is 5.78. The van der Waals surface area contributed by atoms with Crippen LogP contribution in [0.5, 0.6) is 0 Å². The van der Waals surface area contributed by atoms with Crippen LogP contribution in [0.4, 0.5) is 9.59 Å². The minimum atomic E-state index is -1.14. The lowest BCUT2D eigenvalue weighted by Gasteiger charge is -2.16. The van der Waals surface area contributed by atoms with Gasteiger partial charge >= 0.3 is 18.2 Å². The number of nitrogens with one attached hydrogen (secondary N) is 1. The standard InChI is InChI=1S/C9H17N3O6/c1-3-16-9(15)18-5(2)17-7(13)6(10)4-12-8(11)14/h5-6H,3-4,10H2,1-2H3,(H3,11,12,14)/t5?,6-/m0/s1. The quantitative estimate of drug-likeness (QED) is 0.413. The molecule has 0 aromatic carbocycles. The van der Waals surface area contributed by atoms with Gasteiger partial charge in [-0.25, -0.2) is 9.59 Å². The minimum absolute atomic E-state index is 0.140. The van der Waals surface area contributed by atoms with Crippen LogP contribution in [0.2, 0.25) is 0 Å². The van der Waals surface area contributed by atoms with Gasteiger partial charge in [0, 0.05) is 13.5 Å². The fourth-order valence-electron chi connectivity index (χ4n) is 0.856. The number of primary amides is 1. The van der Waals surface area contributed by atoms with Crippen LogP contribution in [0.3, 0.4) is 0 Å². The van der Waals surface area contributed by atoms with Gasteiger partial charge in [0.1, 0.15) is 6.04 Å². The maximum atomic E-state index is 11.3. The second kappa shape index (κ2) is 8.12. The van der Waals surface area contributed by atoms with Gasteiger partial charge in [0.2, 0.25) is 6.29 Å². The summed E-state index contributed by atoms with van der Waals surface area (Å²) < 4.78 is 13.7. The number of amides is 2. The Morgan fingerprint density at radius 3 is 2.39 bits per heavy atom. The van der Waals surface area contributed by atoms with E-state index >= 15 is 0 Å². The largest absolute Gasteiger partial charge is 0.511 e. The first kappa shape index (κ1) is 16.0. The maximum Gasteiger partial charge on any atom is 0.511 e. The molecule has 1 unspecified atom stereocenters. The molecular weight excluding hydrogens is 246 g/mol. The number of nitrogens with two attached hydrogens (primary N) is 2. The van der Waals surface area contributed by atoms with Crippen LogP contribution in [0, 0.1) is 0 Å². The van der Waals surface area contributed by atoms with Gasteiger partial charge in [-0.05, 0) is 6.92 Å². The molecule has 0 saturated heterocycles. The summed E-state index contributed by atoms with van der Waals surface area (Å²) in [5.41, 5.74) is 10.2. The summed E-state index contributed by atoms with van der Waals surface area (Å²) in [4.78, 5) is 32.6. The van der Waals surface area contributed by atoms with Crippen LogP contribution in [0.25, 0.3) is 0 Å². The van der Waals surface area contributed by atoms with Crippen LogP contribution in [0.15, 0.2) is 0 Å². The van der Waals surface area contributed by atoms with Crippen LogP contribution in [-0.4, -0.2) is 43.6 Å². The second-order valence-electron chi connectivity index (χ2n) is 3.16. The van der Waals surface area contributed by atoms with Gasteiger partial charge in [-0.15, -0.1) is 0 Å². The molecule has 0 fully saturated rings. The fourth-order valence-corrected chi connectivity index (χ4v) is 0.856. The number of urea groups is 1. The van der Waals surface area contributed by atoms with Gasteiger partial charge in [-0.2, -0.15) is 0 Å². The van der Waals surface area contributed by atoms with E-state index < -0.39 is 30.5 Å². The molecule has 104 valence electrons. The van der Waals surface area contributed by atoms with Crippen molar-refractivity contribution < 1.29 is 28.6 Å². The van der Waals surface area contributed by atoms with Crippen molar-refractivity contribution in [2.75, 3.05) is 13.2 Å². The molecule has 0 aromatic rings. The number of carbonyl (C=O) groups excluding carboxylic acids is 3. The van der Waals surface area contributed by atoms with E-state index in [1.54, 1.807) is 6.92 Å². The molecule has 9 heteroatoms.